The number of methoxy groups -OCH3 is 4. The van der Waals surface area contributed by atoms with E-state index in [0.29, 0.717) is 38.7 Å². The smallest absolute Gasteiger partial charge is 0.326 e. The molecule has 1 aliphatic carbocycles. The van der Waals surface area contributed by atoms with Crippen LogP contribution in [-0.4, -0.2) is 145 Å². The van der Waals surface area contributed by atoms with Gasteiger partial charge in [-0.15, -0.1) is 0 Å². The number of aromatic nitrogens is 2. The summed E-state index contributed by atoms with van der Waals surface area (Å²) in [6.07, 6.45) is 11.0. The first-order chi connectivity index (χ1) is 33.2. The van der Waals surface area contributed by atoms with Gasteiger partial charge in [0.15, 0.2) is 0 Å². The van der Waals surface area contributed by atoms with Gasteiger partial charge >= 0.3 is 5.69 Å². The van der Waals surface area contributed by atoms with Crippen molar-refractivity contribution in [1.82, 2.24) is 19.4 Å². The third-order valence-corrected chi connectivity index (χ3v) is 13.7. The fourth-order valence-electron chi connectivity index (χ4n) is 10.6. The van der Waals surface area contributed by atoms with Crippen LogP contribution in [0.2, 0.25) is 0 Å². The Bertz CT molecular complexity index is 2090. The van der Waals surface area contributed by atoms with Crippen molar-refractivity contribution in [2.24, 2.45) is 16.7 Å². The zero-order valence-electron chi connectivity index (χ0n) is 40.8. The summed E-state index contributed by atoms with van der Waals surface area (Å²) in [5, 5.41) is 15.0. The number of rotatable bonds is 24. The maximum atomic E-state index is 13.2. The summed E-state index contributed by atoms with van der Waals surface area (Å²) in [5.74, 6) is 0.736. The van der Waals surface area contributed by atoms with Gasteiger partial charge < -0.3 is 53.1 Å². The van der Waals surface area contributed by atoms with Gasteiger partial charge in [-0.05, 0) is 55.4 Å². The lowest BCUT2D eigenvalue weighted by Gasteiger charge is -2.49. The van der Waals surface area contributed by atoms with E-state index < -0.39 is 10.8 Å². The number of benzene rings is 3. The summed E-state index contributed by atoms with van der Waals surface area (Å²) >= 11 is 0. The summed E-state index contributed by atoms with van der Waals surface area (Å²) in [5.41, 5.74) is 2.59. The maximum Gasteiger partial charge on any atom is 0.326 e. The van der Waals surface area contributed by atoms with Crippen LogP contribution in [0.1, 0.15) is 69.4 Å². The molecule has 3 heterocycles. The van der Waals surface area contributed by atoms with Gasteiger partial charge in [-0.3, -0.25) is 19.6 Å². The number of likely N-dealkylation sites (tertiary alicyclic amines) is 2. The number of ether oxygens (including phenoxy) is 8. The van der Waals surface area contributed by atoms with E-state index in [1.807, 2.05) is 47.0 Å². The third-order valence-electron chi connectivity index (χ3n) is 13.7. The summed E-state index contributed by atoms with van der Waals surface area (Å²) in [7, 11) is 6.44. The van der Waals surface area contributed by atoms with Crippen molar-refractivity contribution < 1.29 is 42.8 Å². The number of aromatic amines is 1. The van der Waals surface area contributed by atoms with Crippen molar-refractivity contribution in [2.75, 3.05) is 120 Å². The molecule has 1 saturated carbocycles. The minimum atomic E-state index is -0.478. The largest absolute Gasteiger partial charge is 0.376 e. The van der Waals surface area contributed by atoms with Crippen LogP contribution in [0.25, 0.3) is 11.0 Å². The Labute approximate surface area is 401 Å². The topological polar surface area (TPSA) is 173 Å². The Morgan fingerprint density at radius 1 is 0.662 bits per heavy atom. The molecule has 4 aromatic rings. The predicted molar refractivity (Wildman–Crippen MR) is 261 cm³/mol. The van der Waals surface area contributed by atoms with Gasteiger partial charge in [0.05, 0.1) is 59.3 Å². The molecule has 0 amide bonds. The molecule has 0 bridgehead atoms. The normalized spacial score (nSPS) is 20.3. The highest BCUT2D eigenvalue weighted by atomic mass is 16.7. The number of nitro benzene ring substituents is 1. The van der Waals surface area contributed by atoms with Crippen molar-refractivity contribution in [3.63, 3.8) is 0 Å². The highest BCUT2D eigenvalue weighted by molar-refractivity contribution is 5.75. The summed E-state index contributed by atoms with van der Waals surface area (Å²) in [6, 6.07) is 24.8. The molecule has 2 aliphatic heterocycles. The Kier molecular flexibility index (Phi) is 21.7. The van der Waals surface area contributed by atoms with Crippen molar-refractivity contribution in [3.8, 4) is 0 Å². The van der Waals surface area contributed by atoms with Crippen LogP contribution in [0.5, 0.6) is 0 Å². The summed E-state index contributed by atoms with van der Waals surface area (Å²) < 4.78 is 46.4. The van der Waals surface area contributed by atoms with Crippen LogP contribution in [0.3, 0.4) is 0 Å². The van der Waals surface area contributed by atoms with Crippen molar-refractivity contribution in [3.05, 3.63) is 105 Å². The van der Waals surface area contributed by atoms with Gasteiger partial charge in [0.25, 0.3) is 5.69 Å². The first-order valence-corrected chi connectivity index (χ1v) is 24.2. The van der Waals surface area contributed by atoms with Gasteiger partial charge in [0.1, 0.15) is 32.9 Å². The van der Waals surface area contributed by atoms with Crippen molar-refractivity contribution >= 4 is 22.4 Å². The molecule has 17 heteroatoms. The predicted octanol–water partition coefficient (Wildman–Crippen LogP) is 7.67. The van der Waals surface area contributed by atoms with Gasteiger partial charge in [-0.25, -0.2) is 4.79 Å². The number of nitrogens with one attached hydrogen (secondary N) is 2. The molecule has 1 aromatic heterocycles. The Morgan fingerprint density at radius 3 is 1.84 bits per heavy atom. The Hall–Kier alpha value is -4.27. The first-order valence-electron chi connectivity index (χ1n) is 24.2. The van der Waals surface area contributed by atoms with E-state index in [1.54, 1.807) is 46.6 Å². The van der Waals surface area contributed by atoms with Crippen molar-refractivity contribution in [2.45, 2.75) is 76.4 Å². The number of imidazole rings is 1. The van der Waals surface area contributed by atoms with E-state index in [1.165, 1.54) is 56.6 Å². The number of nitrogens with zero attached hydrogens (tertiary/aromatic N) is 4. The SMILES string of the molecule is COCOCC1(COCOC)CN(CC2CCCCCCC2)CCC1n1c(=O)[nH]c2ccccc21.COCOCC1(COCOC)CN(Cc2ccccc2)CCC1Nc1ccccc1[N+](=O)[O-]. The number of hydrogen-bond acceptors (Lipinski definition) is 14. The number of anilines is 1. The molecule has 3 aromatic carbocycles. The van der Waals surface area contributed by atoms with E-state index in [-0.39, 0.29) is 55.6 Å². The molecular formula is C51H76N6O11. The number of piperidine rings is 2. The molecule has 7 rings (SSSR count). The van der Waals surface area contributed by atoms with Crippen LogP contribution in [-0.2, 0) is 44.4 Å². The van der Waals surface area contributed by atoms with Crippen LogP contribution in [0.15, 0.2) is 83.7 Å². The molecule has 3 aliphatic rings. The van der Waals surface area contributed by atoms with Crippen LogP contribution < -0.4 is 11.0 Å². The fourth-order valence-corrected chi connectivity index (χ4v) is 10.6. The second kappa shape index (κ2) is 27.8. The molecule has 3 fully saturated rings. The Morgan fingerprint density at radius 2 is 1.21 bits per heavy atom. The number of fused-ring (bicyclic) bond motifs is 1. The van der Waals surface area contributed by atoms with Crippen molar-refractivity contribution in [1.29, 1.82) is 0 Å². The van der Waals surface area contributed by atoms with E-state index in [4.69, 9.17) is 37.9 Å². The molecule has 2 unspecified atom stereocenters. The van der Waals surface area contributed by atoms with Crippen LogP contribution in [0, 0.1) is 26.9 Å². The van der Waals surface area contributed by atoms with Gasteiger partial charge in [-0.1, -0.05) is 86.7 Å². The van der Waals surface area contributed by atoms with Gasteiger partial charge in [0.2, 0.25) is 0 Å². The number of H-pyrrole nitrogens is 1. The lowest BCUT2D eigenvalue weighted by Crippen LogP contribution is -2.59. The van der Waals surface area contributed by atoms with Crippen LogP contribution in [0.4, 0.5) is 11.4 Å². The quantitative estimate of drug-likeness (QED) is 0.0303. The minimum Gasteiger partial charge on any atom is -0.376 e. The van der Waals surface area contributed by atoms with E-state index in [9.17, 15) is 14.9 Å². The second-order valence-electron chi connectivity index (χ2n) is 18.8. The molecule has 68 heavy (non-hydrogen) atoms. The molecule has 2 N–H and O–H groups in total. The molecule has 0 radical (unpaired) electrons. The molecule has 17 nitrogen and oxygen atoms in total. The zero-order chi connectivity index (χ0) is 48.0. The highest BCUT2D eigenvalue weighted by Crippen LogP contribution is 2.42. The standard InChI is InChI=1S/C27H43N3O5.C24H33N3O6/c1-32-20-34-18-27(19-35-21-33-2)17-29(16-22-10-6-4-3-5-7-11-22)15-14-25(27)30-24-13-9-8-12-23(24)28-26(30)31;1-30-18-32-16-24(17-33-19-31-2)15-26(14-20-8-4-3-5-9-20)13-12-23(24)25-21-10-6-7-11-22(21)27(28)29/h8-9,12-13,22,25H,3-7,10-11,14-21H2,1-2H3,(H,28,31);3-11,23,25H,12-19H2,1-2H3. The lowest BCUT2D eigenvalue weighted by atomic mass is 9.75. The van der Waals surface area contributed by atoms with E-state index in [0.717, 1.165) is 62.5 Å². The van der Waals surface area contributed by atoms with E-state index in [2.05, 4.69) is 32.2 Å². The number of nitro groups is 1. The first kappa shape index (κ1) is 53.1. The Balaban J connectivity index is 0.000000224. The van der Waals surface area contributed by atoms with Crippen LogP contribution >= 0.6 is 0 Å². The molecule has 2 atom stereocenters. The number of hydrogen-bond donors (Lipinski definition) is 2. The average molecular weight is 949 g/mol. The zero-order valence-corrected chi connectivity index (χ0v) is 40.8. The number of para-hydroxylation sites is 4. The summed E-state index contributed by atoms with van der Waals surface area (Å²) in [6.45, 7) is 7.57. The fraction of sp³-hybridized carbons (Fsp3) is 0.627. The van der Waals surface area contributed by atoms with Gasteiger partial charge in [-0.2, -0.15) is 0 Å². The summed E-state index contributed by atoms with van der Waals surface area (Å²) in [4.78, 5) is 32.4. The second-order valence-corrected chi connectivity index (χ2v) is 18.8. The molecule has 376 valence electrons. The molecule has 2 saturated heterocycles. The third kappa shape index (κ3) is 14.9. The molecular weight excluding hydrogens is 873 g/mol. The lowest BCUT2D eigenvalue weighted by molar-refractivity contribution is -0.384. The monoisotopic (exact) mass is 949 g/mol. The molecule has 0 spiro atoms. The maximum absolute atomic E-state index is 13.2. The highest BCUT2D eigenvalue weighted by Gasteiger charge is 2.47. The average Bonchev–Trinajstić information content (AvgIpc) is 3.67. The minimum absolute atomic E-state index is 0.0498. The van der Waals surface area contributed by atoms with E-state index >= 15 is 0 Å². The van der Waals surface area contributed by atoms with Gasteiger partial charge in [0, 0.05) is 79.8 Å².